The third-order valence-corrected chi connectivity index (χ3v) is 3.80. The van der Waals surface area contributed by atoms with E-state index in [2.05, 4.69) is 72.7 Å². The molecule has 1 unspecified atom stereocenters. The fraction of sp³-hybridized carbons (Fsp3) is 0.150. The largest absolute Gasteiger partial charge is 0.373 e. The second-order valence-electron chi connectivity index (χ2n) is 5.56. The number of nitrogens with zero attached hydrogens (tertiary/aromatic N) is 1. The predicted octanol–water partition coefficient (Wildman–Crippen LogP) is 4.90. The van der Waals surface area contributed by atoms with Crippen LogP contribution in [-0.2, 0) is 0 Å². The summed E-state index contributed by atoms with van der Waals surface area (Å²) < 4.78 is 0. The monoisotopic (exact) mass is 288 g/mol. The Morgan fingerprint density at radius 2 is 1.64 bits per heavy atom. The molecule has 0 saturated heterocycles. The van der Waals surface area contributed by atoms with Gasteiger partial charge in [0.1, 0.15) is 0 Å². The highest BCUT2D eigenvalue weighted by molar-refractivity contribution is 5.55. The molecule has 0 amide bonds. The molecule has 2 aromatic carbocycles. The number of benzene rings is 2. The van der Waals surface area contributed by atoms with Crippen molar-refractivity contribution in [3.63, 3.8) is 0 Å². The van der Waals surface area contributed by atoms with Gasteiger partial charge in [-0.25, -0.2) is 0 Å². The highest BCUT2D eigenvalue weighted by Crippen LogP contribution is 2.27. The van der Waals surface area contributed by atoms with Crippen LogP contribution in [-0.4, -0.2) is 4.98 Å². The molecule has 2 heteroatoms. The molecule has 0 bridgehead atoms. The molecule has 110 valence electrons. The molecule has 0 aliphatic heterocycles. The molecule has 3 aromatic rings. The molecule has 22 heavy (non-hydrogen) atoms. The van der Waals surface area contributed by atoms with Crippen LogP contribution < -0.4 is 5.32 Å². The van der Waals surface area contributed by atoms with Crippen LogP contribution in [0.3, 0.4) is 0 Å². The van der Waals surface area contributed by atoms with Crippen molar-refractivity contribution in [3.05, 3.63) is 95.3 Å². The first-order valence-corrected chi connectivity index (χ1v) is 7.54. The van der Waals surface area contributed by atoms with Crippen LogP contribution in [0.4, 0.5) is 5.69 Å². The molecule has 0 radical (unpaired) electrons. The Balaban J connectivity index is 1.99. The molecular weight excluding hydrogens is 268 g/mol. The summed E-state index contributed by atoms with van der Waals surface area (Å²) in [5, 5.41) is 3.64. The Labute approximate surface area is 131 Å². The molecule has 3 rings (SSSR count). The quantitative estimate of drug-likeness (QED) is 0.738. The van der Waals surface area contributed by atoms with Gasteiger partial charge in [0.05, 0.1) is 11.7 Å². The third-order valence-electron chi connectivity index (χ3n) is 3.80. The van der Waals surface area contributed by atoms with Gasteiger partial charge in [0.15, 0.2) is 0 Å². The van der Waals surface area contributed by atoms with Crippen molar-refractivity contribution in [2.45, 2.75) is 19.9 Å². The molecular formula is C20H20N2. The van der Waals surface area contributed by atoms with E-state index in [-0.39, 0.29) is 6.04 Å². The molecule has 0 aliphatic carbocycles. The number of nitrogens with one attached hydrogen (secondary N) is 1. The summed E-state index contributed by atoms with van der Waals surface area (Å²) in [4.78, 5) is 4.54. The number of hydrogen-bond acceptors (Lipinski definition) is 2. The standard InChI is InChI=1S/C20H20N2/c1-15-11-12-18(16(2)14-15)22-20(17-8-4-3-5-9-17)19-10-6-7-13-21-19/h3-14,20,22H,1-2H3. The average Bonchev–Trinajstić information content (AvgIpc) is 2.56. The van der Waals surface area contributed by atoms with Gasteiger partial charge in [-0.3, -0.25) is 4.98 Å². The molecule has 2 nitrogen and oxygen atoms in total. The van der Waals surface area contributed by atoms with Crippen molar-refractivity contribution in [3.8, 4) is 0 Å². The Morgan fingerprint density at radius 1 is 0.864 bits per heavy atom. The van der Waals surface area contributed by atoms with Crippen molar-refractivity contribution < 1.29 is 0 Å². The van der Waals surface area contributed by atoms with E-state index < -0.39 is 0 Å². The van der Waals surface area contributed by atoms with E-state index in [9.17, 15) is 0 Å². The van der Waals surface area contributed by atoms with Crippen LogP contribution in [0.25, 0.3) is 0 Å². The van der Waals surface area contributed by atoms with E-state index >= 15 is 0 Å². The maximum absolute atomic E-state index is 4.54. The molecule has 1 N–H and O–H groups in total. The second-order valence-corrected chi connectivity index (χ2v) is 5.56. The first kappa shape index (κ1) is 14.3. The van der Waals surface area contributed by atoms with Crippen molar-refractivity contribution in [1.82, 2.24) is 4.98 Å². The smallest absolute Gasteiger partial charge is 0.0940 e. The minimum Gasteiger partial charge on any atom is -0.373 e. The maximum atomic E-state index is 4.54. The third kappa shape index (κ3) is 3.17. The minimum atomic E-state index is 0.0452. The predicted molar refractivity (Wildman–Crippen MR) is 92.1 cm³/mol. The van der Waals surface area contributed by atoms with E-state index in [1.165, 1.54) is 16.7 Å². The zero-order valence-corrected chi connectivity index (χ0v) is 13.0. The van der Waals surface area contributed by atoms with Crippen molar-refractivity contribution in [1.29, 1.82) is 0 Å². The van der Waals surface area contributed by atoms with E-state index in [1.807, 2.05) is 24.4 Å². The van der Waals surface area contributed by atoms with Gasteiger partial charge >= 0.3 is 0 Å². The summed E-state index contributed by atoms with van der Waals surface area (Å²) in [6, 6.07) is 23.0. The van der Waals surface area contributed by atoms with Gasteiger partial charge in [-0.15, -0.1) is 0 Å². The number of hydrogen-bond donors (Lipinski definition) is 1. The maximum Gasteiger partial charge on any atom is 0.0940 e. The summed E-state index contributed by atoms with van der Waals surface area (Å²) >= 11 is 0. The summed E-state index contributed by atoms with van der Waals surface area (Å²) in [6.45, 7) is 4.25. The molecule has 0 fully saturated rings. The minimum absolute atomic E-state index is 0.0452. The molecule has 1 heterocycles. The normalized spacial score (nSPS) is 11.9. The van der Waals surface area contributed by atoms with Crippen molar-refractivity contribution in [2.24, 2.45) is 0 Å². The molecule has 0 aliphatic rings. The Morgan fingerprint density at radius 3 is 2.32 bits per heavy atom. The average molecular weight is 288 g/mol. The fourth-order valence-corrected chi connectivity index (χ4v) is 2.65. The van der Waals surface area contributed by atoms with Crippen LogP contribution in [0, 0.1) is 13.8 Å². The Bertz CT molecular complexity index is 697. The first-order chi connectivity index (χ1) is 10.7. The molecule has 1 atom stereocenters. The van der Waals surface area contributed by atoms with Gasteiger partial charge in [-0.05, 0) is 43.2 Å². The van der Waals surface area contributed by atoms with Crippen LogP contribution >= 0.6 is 0 Å². The fourth-order valence-electron chi connectivity index (χ4n) is 2.65. The van der Waals surface area contributed by atoms with Gasteiger partial charge < -0.3 is 5.32 Å². The number of rotatable bonds is 4. The van der Waals surface area contributed by atoms with Crippen molar-refractivity contribution >= 4 is 5.69 Å². The highest BCUT2D eigenvalue weighted by Gasteiger charge is 2.15. The highest BCUT2D eigenvalue weighted by atomic mass is 14.9. The van der Waals surface area contributed by atoms with Gasteiger partial charge in [-0.2, -0.15) is 0 Å². The molecule has 1 aromatic heterocycles. The van der Waals surface area contributed by atoms with Gasteiger partial charge in [0.2, 0.25) is 0 Å². The van der Waals surface area contributed by atoms with E-state index in [0.29, 0.717) is 0 Å². The van der Waals surface area contributed by atoms with Gasteiger partial charge in [0.25, 0.3) is 0 Å². The second kappa shape index (κ2) is 6.44. The van der Waals surface area contributed by atoms with Gasteiger partial charge in [0, 0.05) is 11.9 Å². The van der Waals surface area contributed by atoms with E-state index in [4.69, 9.17) is 0 Å². The number of aromatic nitrogens is 1. The first-order valence-electron chi connectivity index (χ1n) is 7.54. The lowest BCUT2D eigenvalue weighted by molar-refractivity contribution is 0.885. The molecule has 0 spiro atoms. The summed E-state index contributed by atoms with van der Waals surface area (Å²) in [5.74, 6) is 0. The van der Waals surface area contributed by atoms with E-state index in [1.54, 1.807) is 0 Å². The zero-order chi connectivity index (χ0) is 15.4. The summed E-state index contributed by atoms with van der Waals surface area (Å²) in [7, 11) is 0. The van der Waals surface area contributed by atoms with Crippen LogP contribution in [0.1, 0.15) is 28.4 Å². The Kier molecular flexibility index (Phi) is 4.19. The van der Waals surface area contributed by atoms with Crippen LogP contribution in [0.5, 0.6) is 0 Å². The summed E-state index contributed by atoms with van der Waals surface area (Å²) in [5.41, 5.74) is 5.90. The number of aryl methyl sites for hydroxylation is 2. The van der Waals surface area contributed by atoms with Gasteiger partial charge in [-0.1, -0.05) is 54.1 Å². The SMILES string of the molecule is Cc1ccc(NC(c2ccccc2)c2ccccn2)c(C)c1. The zero-order valence-electron chi connectivity index (χ0n) is 13.0. The van der Waals surface area contributed by atoms with Crippen LogP contribution in [0.15, 0.2) is 72.9 Å². The number of pyridine rings is 1. The van der Waals surface area contributed by atoms with Crippen molar-refractivity contribution in [2.75, 3.05) is 5.32 Å². The lowest BCUT2D eigenvalue weighted by Crippen LogP contribution is -2.14. The lowest BCUT2D eigenvalue weighted by Gasteiger charge is -2.21. The number of anilines is 1. The van der Waals surface area contributed by atoms with E-state index in [0.717, 1.165) is 11.4 Å². The summed E-state index contributed by atoms with van der Waals surface area (Å²) in [6.07, 6.45) is 1.84. The lowest BCUT2D eigenvalue weighted by atomic mass is 10.0. The molecule has 0 saturated carbocycles. The topological polar surface area (TPSA) is 24.9 Å². The Hall–Kier alpha value is -2.61. The van der Waals surface area contributed by atoms with Crippen LogP contribution in [0.2, 0.25) is 0 Å².